The molecule has 172 valence electrons. The van der Waals surface area contributed by atoms with Gasteiger partial charge in [-0.15, -0.1) is 0 Å². The van der Waals surface area contributed by atoms with Crippen molar-refractivity contribution < 1.29 is 18.7 Å². The zero-order valence-electron chi connectivity index (χ0n) is 18.6. The van der Waals surface area contributed by atoms with Crippen LogP contribution >= 0.6 is 11.6 Å². The van der Waals surface area contributed by atoms with Gasteiger partial charge in [0.1, 0.15) is 17.6 Å². The third-order valence-electron chi connectivity index (χ3n) is 5.91. The Bertz CT molecular complexity index is 947. The molecule has 5 nitrogen and oxygen atoms in total. The summed E-state index contributed by atoms with van der Waals surface area (Å²) in [6.07, 6.45) is 5.25. The van der Waals surface area contributed by atoms with E-state index in [4.69, 9.17) is 16.3 Å². The van der Waals surface area contributed by atoms with Crippen molar-refractivity contribution in [2.24, 2.45) is 0 Å². The molecule has 0 spiro atoms. The van der Waals surface area contributed by atoms with E-state index in [1.54, 1.807) is 43.3 Å². The lowest BCUT2D eigenvalue weighted by atomic mass is 9.95. The van der Waals surface area contributed by atoms with Crippen LogP contribution in [-0.4, -0.2) is 35.4 Å². The van der Waals surface area contributed by atoms with E-state index in [1.807, 2.05) is 6.92 Å². The van der Waals surface area contributed by atoms with Gasteiger partial charge < -0.3 is 15.0 Å². The highest BCUT2D eigenvalue weighted by atomic mass is 35.5. The summed E-state index contributed by atoms with van der Waals surface area (Å²) in [6.45, 7) is 3.23. The van der Waals surface area contributed by atoms with Crippen LogP contribution in [0, 0.1) is 12.7 Å². The molecule has 0 radical (unpaired) electrons. The number of nitrogens with zero attached hydrogens (tertiary/aromatic N) is 1. The van der Waals surface area contributed by atoms with E-state index in [0.29, 0.717) is 16.3 Å². The number of benzene rings is 2. The van der Waals surface area contributed by atoms with Crippen molar-refractivity contribution in [3.8, 4) is 5.75 Å². The molecule has 1 aliphatic carbocycles. The summed E-state index contributed by atoms with van der Waals surface area (Å²) in [7, 11) is 0. The molecule has 2 aromatic carbocycles. The maximum Gasteiger partial charge on any atom is 0.261 e. The minimum absolute atomic E-state index is 0.0201. The fourth-order valence-corrected chi connectivity index (χ4v) is 4.01. The number of aryl methyl sites for hydroxylation is 1. The van der Waals surface area contributed by atoms with Crippen molar-refractivity contribution in [2.75, 3.05) is 6.61 Å². The van der Waals surface area contributed by atoms with Gasteiger partial charge in [-0.25, -0.2) is 4.39 Å². The van der Waals surface area contributed by atoms with E-state index in [0.717, 1.165) is 31.2 Å². The van der Waals surface area contributed by atoms with Crippen LogP contribution in [0.2, 0.25) is 5.02 Å². The first-order valence-electron chi connectivity index (χ1n) is 11.1. The second-order valence-corrected chi connectivity index (χ2v) is 8.74. The maximum atomic E-state index is 14.3. The molecule has 0 bridgehead atoms. The van der Waals surface area contributed by atoms with Gasteiger partial charge in [0.15, 0.2) is 6.61 Å². The molecule has 1 atom stereocenters. The second kappa shape index (κ2) is 11.3. The summed E-state index contributed by atoms with van der Waals surface area (Å²) in [6, 6.07) is 10.8. The Hall–Kier alpha value is -2.60. The number of hydrogen-bond donors (Lipinski definition) is 1. The molecule has 1 aliphatic rings. The Kier molecular flexibility index (Phi) is 8.51. The van der Waals surface area contributed by atoms with Crippen molar-refractivity contribution in [1.82, 2.24) is 10.2 Å². The molecule has 1 fully saturated rings. The van der Waals surface area contributed by atoms with E-state index in [9.17, 15) is 14.0 Å². The molecule has 0 aromatic heterocycles. The Morgan fingerprint density at radius 3 is 2.59 bits per heavy atom. The second-order valence-electron chi connectivity index (χ2n) is 8.33. The van der Waals surface area contributed by atoms with Crippen LogP contribution in [0.15, 0.2) is 42.5 Å². The molecule has 0 saturated heterocycles. The van der Waals surface area contributed by atoms with Crippen molar-refractivity contribution in [1.29, 1.82) is 0 Å². The summed E-state index contributed by atoms with van der Waals surface area (Å²) in [4.78, 5) is 27.4. The van der Waals surface area contributed by atoms with Gasteiger partial charge in [-0.3, -0.25) is 9.59 Å². The molecule has 2 aromatic rings. The molecule has 2 amide bonds. The van der Waals surface area contributed by atoms with Crippen LogP contribution < -0.4 is 10.1 Å². The molecule has 0 aliphatic heterocycles. The predicted octanol–water partition coefficient (Wildman–Crippen LogP) is 5.03. The number of carbonyl (C=O) groups is 2. The molecule has 1 saturated carbocycles. The van der Waals surface area contributed by atoms with Gasteiger partial charge in [0, 0.05) is 23.2 Å². The van der Waals surface area contributed by atoms with Gasteiger partial charge in [-0.2, -0.15) is 0 Å². The molecule has 0 unspecified atom stereocenters. The lowest BCUT2D eigenvalue weighted by molar-refractivity contribution is -0.142. The third-order valence-corrected chi connectivity index (χ3v) is 6.33. The van der Waals surface area contributed by atoms with Crippen molar-refractivity contribution in [3.05, 3.63) is 64.4 Å². The van der Waals surface area contributed by atoms with E-state index in [2.05, 4.69) is 5.32 Å². The van der Waals surface area contributed by atoms with Crippen LogP contribution in [0.3, 0.4) is 0 Å². The zero-order chi connectivity index (χ0) is 23.1. The first-order chi connectivity index (χ1) is 15.3. The van der Waals surface area contributed by atoms with Gasteiger partial charge >= 0.3 is 0 Å². The lowest BCUT2D eigenvalue weighted by Gasteiger charge is -2.31. The summed E-state index contributed by atoms with van der Waals surface area (Å²) in [5.74, 6) is -0.541. The molecule has 3 rings (SSSR count). The molecule has 1 N–H and O–H groups in total. The molecular weight excluding hydrogens is 431 g/mol. The standard InChI is InChI=1S/C25H30ClFN2O3/c1-17-14-21(12-13-22(17)26)32-16-24(30)29(15-19-8-6-7-11-23(19)27)18(2)25(31)28-20-9-4-3-5-10-20/h6-8,11-14,18,20H,3-5,9-10,15-16H2,1-2H3,(H,28,31)/t18-/m1/s1. The number of halogens is 2. The Morgan fingerprint density at radius 2 is 1.91 bits per heavy atom. The fraction of sp³-hybridized carbons (Fsp3) is 0.440. The molecule has 7 heteroatoms. The van der Waals surface area contributed by atoms with Gasteiger partial charge in [0.2, 0.25) is 5.91 Å². The third kappa shape index (κ3) is 6.45. The van der Waals surface area contributed by atoms with Crippen LogP contribution in [0.25, 0.3) is 0 Å². The van der Waals surface area contributed by atoms with Crippen LogP contribution in [-0.2, 0) is 16.1 Å². The van der Waals surface area contributed by atoms with E-state index >= 15 is 0 Å². The highest BCUT2D eigenvalue weighted by Gasteiger charge is 2.29. The predicted molar refractivity (Wildman–Crippen MR) is 123 cm³/mol. The SMILES string of the molecule is Cc1cc(OCC(=O)N(Cc2ccccc2F)[C@H](C)C(=O)NC2CCCCC2)ccc1Cl. The minimum atomic E-state index is -0.764. The summed E-state index contributed by atoms with van der Waals surface area (Å²) in [5.41, 5.74) is 1.18. The summed E-state index contributed by atoms with van der Waals surface area (Å²) < 4.78 is 20.0. The smallest absolute Gasteiger partial charge is 0.261 e. The number of hydrogen-bond acceptors (Lipinski definition) is 3. The molecule has 32 heavy (non-hydrogen) atoms. The number of amides is 2. The number of nitrogens with one attached hydrogen (secondary N) is 1. The monoisotopic (exact) mass is 460 g/mol. The van der Waals surface area contributed by atoms with E-state index < -0.39 is 17.8 Å². The van der Waals surface area contributed by atoms with Gasteiger partial charge in [0.25, 0.3) is 5.91 Å². The van der Waals surface area contributed by atoms with Crippen LogP contribution in [0.1, 0.15) is 50.2 Å². The number of ether oxygens (including phenoxy) is 1. The maximum absolute atomic E-state index is 14.3. The highest BCUT2D eigenvalue weighted by molar-refractivity contribution is 6.31. The van der Waals surface area contributed by atoms with Gasteiger partial charge in [-0.1, -0.05) is 49.1 Å². The number of rotatable bonds is 8. The number of carbonyl (C=O) groups excluding carboxylic acids is 2. The molecule has 0 heterocycles. The minimum Gasteiger partial charge on any atom is -0.484 e. The van der Waals surface area contributed by atoms with Crippen molar-refractivity contribution >= 4 is 23.4 Å². The largest absolute Gasteiger partial charge is 0.484 e. The average Bonchev–Trinajstić information content (AvgIpc) is 2.79. The van der Waals surface area contributed by atoms with Gasteiger partial charge in [-0.05, 0) is 56.5 Å². The Labute approximate surface area is 193 Å². The first-order valence-corrected chi connectivity index (χ1v) is 11.4. The topological polar surface area (TPSA) is 58.6 Å². The van der Waals surface area contributed by atoms with Crippen LogP contribution in [0.4, 0.5) is 4.39 Å². The zero-order valence-corrected chi connectivity index (χ0v) is 19.3. The first kappa shape index (κ1) is 24.1. The average molecular weight is 461 g/mol. The van der Waals surface area contributed by atoms with Crippen molar-refractivity contribution in [2.45, 2.75) is 64.6 Å². The van der Waals surface area contributed by atoms with Crippen LogP contribution in [0.5, 0.6) is 5.75 Å². The highest BCUT2D eigenvalue weighted by Crippen LogP contribution is 2.22. The summed E-state index contributed by atoms with van der Waals surface area (Å²) in [5, 5.41) is 3.67. The summed E-state index contributed by atoms with van der Waals surface area (Å²) >= 11 is 6.04. The molecular formula is C25H30ClFN2O3. The quantitative estimate of drug-likeness (QED) is 0.600. The fourth-order valence-electron chi connectivity index (χ4n) is 3.90. The lowest BCUT2D eigenvalue weighted by Crippen LogP contribution is -2.51. The normalized spacial score (nSPS) is 15.1. The Morgan fingerprint density at radius 1 is 1.19 bits per heavy atom. The van der Waals surface area contributed by atoms with Gasteiger partial charge in [0.05, 0.1) is 0 Å². The Balaban J connectivity index is 1.72. The van der Waals surface area contributed by atoms with E-state index in [1.165, 1.54) is 17.4 Å². The van der Waals surface area contributed by atoms with Crippen molar-refractivity contribution in [3.63, 3.8) is 0 Å². The van der Waals surface area contributed by atoms with E-state index in [-0.39, 0.29) is 25.1 Å².